The van der Waals surface area contributed by atoms with E-state index in [0.717, 1.165) is 12.2 Å². The first-order valence-corrected chi connectivity index (χ1v) is 7.31. The van der Waals surface area contributed by atoms with E-state index in [9.17, 15) is 4.79 Å². The summed E-state index contributed by atoms with van der Waals surface area (Å²) in [5.74, 6) is 0.203. The number of nitrogens with zero attached hydrogens (tertiary/aromatic N) is 3. The molecular formula is C15H22N4O. The maximum atomic E-state index is 12.0. The molecule has 20 heavy (non-hydrogen) atoms. The fourth-order valence-electron chi connectivity index (χ4n) is 3.29. The van der Waals surface area contributed by atoms with Crippen LogP contribution in [0.15, 0.2) is 23.9 Å². The van der Waals surface area contributed by atoms with Crippen molar-refractivity contribution in [3.63, 3.8) is 0 Å². The van der Waals surface area contributed by atoms with E-state index in [0.29, 0.717) is 6.42 Å². The number of allylic oxidation sites excluding steroid dienone is 1. The first-order chi connectivity index (χ1) is 9.66. The molecule has 1 aromatic heterocycles. The molecule has 2 aliphatic rings. The number of hydrogen-bond donors (Lipinski definition) is 1. The van der Waals surface area contributed by atoms with Crippen molar-refractivity contribution in [2.24, 2.45) is 7.05 Å². The van der Waals surface area contributed by atoms with E-state index < -0.39 is 0 Å². The Morgan fingerprint density at radius 2 is 2.30 bits per heavy atom. The number of rotatable bonds is 4. The minimum Gasteiger partial charge on any atom is -0.336 e. The number of likely N-dealkylation sites (N-methyl/N-ethyl adjacent to an activating group) is 1. The second kappa shape index (κ2) is 5.40. The molecule has 1 aromatic rings. The average molecular weight is 274 g/mol. The lowest BCUT2D eigenvalue weighted by molar-refractivity contribution is -0.127. The van der Waals surface area contributed by atoms with Crippen LogP contribution in [0.5, 0.6) is 0 Å². The summed E-state index contributed by atoms with van der Waals surface area (Å²) in [4.78, 5) is 13.9. The summed E-state index contributed by atoms with van der Waals surface area (Å²) in [7, 11) is 3.82. The third-order valence-electron chi connectivity index (χ3n) is 4.47. The van der Waals surface area contributed by atoms with Gasteiger partial charge in [-0.25, -0.2) is 0 Å². The number of aryl methyl sites for hydroxylation is 1. The number of aromatic nitrogens is 2. The van der Waals surface area contributed by atoms with Gasteiger partial charge in [-0.2, -0.15) is 5.10 Å². The molecule has 108 valence electrons. The SMILES string of the molecule is CN1C(=O)C[C@@H](NCC2=CCCC2)[C@@H]1c1ccnn1C. The smallest absolute Gasteiger partial charge is 0.224 e. The largest absolute Gasteiger partial charge is 0.336 e. The predicted octanol–water partition coefficient (Wildman–Crippen LogP) is 1.39. The zero-order chi connectivity index (χ0) is 14.1. The van der Waals surface area contributed by atoms with Gasteiger partial charge >= 0.3 is 0 Å². The number of carbonyl (C=O) groups excluding carboxylic acids is 1. The second-order valence-corrected chi connectivity index (χ2v) is 5.78. The van der Waals surface area contributed by atoms with Gasteiger partial charge in [-0.3, -0.25) is 9.48 Å². The van der Waals surface area contributed by atoms with Crippen molar-refractivity contribution in [2.45, 2.75) is 37.8 Å². The average Bonchev–Trinajstić information content (AvgIpc) is 3.12. The van der Waals surface area contributed by atoms with E-state index in [1.807, 2.05) is 29.7 Å². The van der Waals surface area contributed by atoms with Crippen molar-refractivity contribution < 1.29 is 4.79 Å². The third-order valence-corrected chi connectivity index (χ3v) is 4.47. The van der Waals surface area contributed by atoms with Gasteiger partial charge in [-0.15, -0.1) is 0 Å². The van der Waals surface area contributed by atoms with Crippen LogP contribution in [0, 0.1) is 0 Å². The molecule has 5 nitrogen and oxygen atoms in total. The molecule has 0 spiro atoms. The van der Waals surface area contributed by atoms with Crippen LogP contribution in [0.1, 0.15) is 37.4 Å². The Morgan fingerprint density at radius 1 is 1.45 bits per heavy atom. The predicted molar refractivity (Wildman–Crippen MR) is 77.1 cm³/mol. The van der Waals surface area contributed by atoms with Crippen molar-refractivity contribution in [1.29, 1.82) is 0 Å². The fraction of sp³-hybridized carbons (Fsp3) is 0.600. The maximum absolute atomic E-state index is 12.0. The molecule has 0 saturated carbocycles. The normalized spacial score (nSPS) is 26.4. The topological polar surface area (TPSA) is 50.2 Å². The molecular weight excluding hydrogens is 252 g/mol. The van der Waals surface area contributed by atoms with Crippen molar-refractivity contribution in [3.8, 4) is 0 Å². The van der Waals surface area contributed by atoms with E-state index >= 15 is 0 Å². The van der Waals surface area contributed by atoms with Gasteiger partial charge in [-0.05, 0) is 25.3 Å². The Kier molecular flexibility index (Phi) is 3.61. The van der Waals surface area contributed by atoms with E-state index in [4.69, 9.17) is 0 Å². The third kappa shape index (κ3) is 2.38. The van der Waals surface area contributed by atoms with Gasteiger partial charge in [0.25, 0.3) is 0 Å². The van der Waals surface area contributed by atoms with Gasteiger partial charge in [0, 0.05) is 39.3 Å². The van der Waals surface area contributed by atoms with Gasteiger partial charge in [-0.1, -0.05) is 11.6 Å². The monoisotopic (exact) mass is 274 g/mol. The van der Waals surface area contributed by atoms with E-state index in [1.165, 1.54) is 24.8 Å². The molecule has 1 amide bonds. The highest BCUT2D eigenvalue weighted by atomic mass is 16.2. The molecule has 5 heteroatoms. The summed E-state index contributed by atoms with van der Waals surface area (Å²) in [6.45, 7) is 0.903. The Balaban J connectivity index is 1.74. The van der Waals surface area contributed by atoms with Crippen LogP contribution >= 0.6 is 0 Å². The molecule has 2 heterocycles. The summed E-state index contributed by atoms with van der Waals surface area (Å²) in [5.41, 5.74) is 2.58. The number of carbonyl (C=O) groups is 1. The van der Waals surface area contributed by atoms with Crippen molar-refractivity contribution in [1.82, 2.24) is 20.0 Å². The lowest BCUT2D eigenvalue weighted by Crippen LogP contribution is -2.37. The lowest BCUT2D eigenvalue weighted by Gasteiger charge is -2.26. The molecule has 2 atom stereocenters. The van der Waals surface area contributed by atoms with Gasteiger partial charge in [0.05, 0.1) is 11.7 Å². The molecule has 0 unspecified atom stereocenters. The number of hydrogen-bond acceptors (Lipinski definition) is 3. The molecule has 1 aliphatic heterocycles. The molecule has 1 aliphatic carbocycles. The molecule has 0 aromatic carbocycles. The van der Waals surface area contributed by atoms with Crippen LogP contribution in [0.25, 0.3) is 0 Å². The molecule has 0 bridgehead atoms. The first-order valence-electron chi connectivity index (χ1n) is 7.31. The van der Waals surface area contributed by atoms with Crippen LogP contribution in [0.3, 0.4) is 0 Å². The summed E-state index contributed by atoms with van der Waals surface area (Å²) in [6.07, 6.45) is 8.35. The molecule has 0 radical (unpaired) electrons. The lowest BCUT2D eigenvalue weighted by atomic mass is 10.1. The molecule has 1 saturated heterocycles. The van der Waals surface area contributed by atoms with Crippen LogP contribution in [0.4, 0.5) is 0 Å². The van der Waals surface area contributed by atoms with Gasteiger partial charge in [0.1, 0.15) is 0 Å². The van der Waals surface area contributed by atoms with E-state index in [1.54, 1.807) is 6.20 Å². The van der Waals surface area contributed by atoms with Gasteiger partial charge in [0.15, 0.2) is 0 Å². The number of nitrogens with one attached hydrogen (secondary N) is 1. The first kappa shape index (κ1) is 13.4. The summed E-state index contributed by atoms with van der Waals surface area (Å²) in [6, 6.07) is 2.25. The van der Waals surface area contributed by atoms with Crippen molar-refractivity contribution in [3.05, 3.63) is 29.6 Å². The van der Waals surface area contributed by atoms with Gasteiger partial charge < -0.3 is 10.2 Å². The Hall–Kier alpha value is -1.62. The highest BCUT2D eigenvalue weighted by Crippen LogP contribution is 2.31. The summed E-state index contributed by atoms with van der Waals surface area (Å²) >= 11 is 0. The Morgan fingerprint density at radius 3 is 2.95 bits per heavy atom. The highest BCUT2D eigenvalue weighted by molar-refractivity contribution is 5.80. The van der Waals surface area contributed by atoms with E-state index in [2.05, 4.69) is 16.5 Å². The minimum absolute atomic E-state index is 0.0806. The van der Waals surface area contributed by atoms with E-state index in [-0.39, 0.29) is 18.0 Å². The number of amides is 1. The highest BCUT2D eigenvalue weighted by Gasteiger charge is 2.39. The Labute approximate surface area is 119 Å². The summed E-state index contributed by atoms with van der Waals surface area (Å²) < 4.78 is 1.86. The van der Waals surface area contributed by atoms with Crippen LogP contribution in [-0.4, -0.2) is 40.2 Å². The number of likely N-dealkylation sites (tertiary alicyclic amines) is 1. The van der Waals surface area contributed by atoms with Crippen LogP contribution in [-0.2, 0) is 11.8 Å². The quantitative estimate of drug-likeness (QED) is 0.844. The Bertz CT molecular complexity index is 534. The molecule has 1 N–H and O–H groups in total. The van der Waals surface area contributed by atoms with Crippen LogP contribution in [0.2, 0.25) is 0 Å². The standard InChI is InChI=1S/C15H22N4O/c1-18-14(20)9-12(16-10-11-5-3-4-6-11)15(18)13-7-8-17-19(13)2/h5,7-8,12,15-16H,3-4,6,9-10H2,1-2H3/t12-,15-/m1/s1. The van der Waals surface area contributed by atoms with Crippen molar-refractivity contribution in [2.75, 3.05) is 13.6 Å². The maximum Gasteiger partial charge on any atom is 0.224 e. The van der Waals surface area contributed by atoms with Gasteiger partial charge in [0.2, 0.25) is 5.91 Å². The molecule has 3 rings (SSSR count). The zero-order valence-corrected chi connectivity index (χ0v) is 12.2. The molecule has 1 fully saturated rings. The summed E-state index contributed by atoms with van der Waals surface area (Å²) in [5, 5.41) is 7.81. The zero-order valence-electron chi connectivity index (χ0n) is 12.2. The second-order valence-electron chi connectivity index (χ2n) is 5.78. The fourth-order valence-corrected chi connectivity index (χ4v) is 3.29. The minimum atomic E-state index is 0.0806. The van der Waals surface area contributed by atoms with Crippen LogP contribution < -0.4 is 5.32 Å². The van der Waals surface area contributed by atoms with Crippen molar-refractivity contribution >= 4 is 5.91 Å².